The van der Waals surface area contributed by atoms with Crippen molar-refractivity contribution >= 4 is 11.3 Å². The molecule has 0 spiro atoms. The van der Waals surface area contributed by atoms with Crippen molar-refractivity contribution < 1.29 is 0 Å². The van der Waals surface area contributed by atoms with Crippen LogP contribution in [0.25, 0.3) is 10.4 Å². The van der Waals surface area contributed by atoms with E-state index in [1.165, 1.54) is 16.0 Å². The lowest BCUT2D eigenvalue weighted by atomic mass is 10.1. The second-order valence-electron chi connectivity index (χ2n) is 3.72. The average molecular weight is 218 g/mol. The largest absolute Gasteiger partial charge is 0.322 e. The van der Waals surface area contributed by atoms with E-state index >= 15 is 0 Å². The van der Waals surface area contributed by atoms with E-state index in [4.69, 9.17) is 5.73 Å². The third-order valence-corrected chi connectivity index (χ3v) is 3.50. The maximum absolute atomic E-state index is 5.78. The van der Waals surface area contributed by atoms with Crippen molar-refractivity contribution in [3.05, 3.63) is 41.0 Å². The number of aryl methyl sites for hydroxylation is 1. The van der Waals surface area contributed by atoms with Gasteiger partial charge in [0.15, 0.2) is 0 Å². The van der Waals surface area contributed by atoms with Gasteiger partial charge in [0.2, 0.25) is 0 Å². The predicted octanol–water partition coefficient (Wildman–Crippen LogP) is 3.14. The van der Waals surface area contributed by atoms with Gasteiger partial charge in [-0.15, -0.1) is 11.3 Å². The van der Waals surface area contributed by atoms with Crippen molar-refractivity contribution in [3.63, 3.8) is 0 Å². The Bertz CT molecular complexity index is 443. The molecule has 1 aromatic carbocycles. The third-order valence-electron chi connectivity index (χ3n) is 2.25. The van der Waals surface area contributed by atoms with E-state index in [0.717, 1.165) is 5.01 Å². The molecule has 1 heterocycles. The summed E-state index contributed by atoms with van der Waals surface area (Å²) in [4.78, 5) is 5.49. The van der Waals surface area contributed by atoms with Crippen LogP contribution < -0.4 is 5.73 Å². The van der Waals surface area contributed by atoms with Gasteiger partial charge in [-0.05, 0) is 19.4 Å². The number of thiazole rings is 1. The fraction of sp³-hybridized carbons (Fsp3) is 0.250. The van der Waals surface area contributed by atoms with Gasteiger partial charge in [0, 0.05) is 6.20 Å². The summed E-state index contributed by atoms with van der Waals surface area (Å²) in [6, 6.07) is 8.48. The lowest BCUT2D eigenvalue weighted by Gasteiger charge is -1.98. The Balaban J connectivity index is 2.33. The Labute approximate surface area is 93.8 Å². The fourth-order valence-electron chi connectivity index (χ4n) is 1.35. The van der Waals surface area contributed by atoms with Crippen LogP contribution in [0, 0.1) is 6.92 Å². The zero-order valence-electron chi connectivity index (χ0n) is 8.90. The number of aromatic nitrogens is 1. The summed E-state index contributed by atoms with van der Waals surface area (Å²) in [6.07, 6.45) is 1.90. The maximum atomic E-state index is 5.78. The van der Waals surface area contributed by atoms with Crippen LogP contribution in [0.3, 0.4) is 0 Å². The van der Waals surface area contributed by atoms with Gasteiger partial charge in [0.25, 0.3) is 0 Å². The Hall–Kier alpha value is -1.19. The Morgan fingerprint density at radius 1 is 1.27 bits per heavy atom. The highest BCUT2D eigenvalue weighted by Gasteiger charge is 2.07. The second kappa shape index (κ2) is 4.13. The molecule has 1 unspecified atom stereocenters. The highest BCUT2D eigenvalue weighted by Crippen LogP contribution is 2.28. The molecule has 2 rings (SSSR count). The molecule has 0 aliphatic carbocycles. The quantitative estimate of drug-likeness (QED) is 0.841. The number of hydrogen-bond donors (Lipinski definition) is 1. The predicted molar refractivity (Wildman–Crippen MR) is 64.9 cm³/mol. The minimum Gasteiger partial charge on any atom is -0.322 e. The van der Waals surface area contributed by atoms with Crippen LogP contribution in [-0.2, 0) is 0 Å². The van der Waals surface area contributed by atoms with E-state index in [9.17, 15) is 0 Å². The number of nitrogens with zero attached hydrogens (tertiary/aromatic N) is 1. The van der Waals surface area contributed by atoms with Gasteiger partial charge in [-0.3, -0.25) is 0 Å². The molecule has 2 nitrogen and oxygen atoms in total. The molecule has 78 valence electrons. The molecule has 0 saturated heterocycles. The Morgan fingerprint density at radius 3 is 2.47 bits per heavy atom. The van der Waals surface area contributed by atoms with Gasteiger partial charge in [-0.25, -0.2) is 4.98 Å². The van der Waals surface area contributed by atoms with E-state index in [1.807, 2.05) is 13.1 Å². The summed E-state index contributed by atoms with van der Waals surface area (Å²) in [5.74, 6) is 0. The van der Waals surface area contributed by atoms with Gasteiger partial charge in [0.05, 0.1) is 10.9 Å². The SMILES string of the molecule is Cc1ccc(-c2cnc(C(C)N)s2)cc1. The third kappa shape index (κ3) is 2.25. The van der Waals surface area contributed by atoms with E-state index in [0.29, 0.717) is 0 Å². The average Bonchev–Trinajstić information content (AvgIpc) is 2.68. The molecule has 15 heavy (non-hydrogen) atoms. The molecular weight excluding hydrogens is 204 g/mol. The Kier molecular flexibility index (Phi) is 2.84. The van der Waals surface area contributed by atoms with E-state index in [2.05, 4.69) is 36.2 Å². The monoisotopic (exact) mass is 218 g/mol. The van der Waals surface area contributed by atoms with Gasteiger partial charge in [0.1, 0.15) is 5.01 Å². The molecule has 1 atom stereocenters. The van der Waals surface area contributed by atoms with Crippen LogP contribution >= 0.6 is 11.3 Å². The highest BCUT2D eigenvalue weighted by molar-refractivity contribution is 7.15. The summed E-state index contributed by atoms with van der Waals surface area (Å²) >= 11 is 1.66. The molecule has 0 saturated carbocycles. The topological polar surface area (TPSA) is 38.9 Å². The van der Waals surface area contributed by atoms with Crippen molar-refractivity contribution in [2.45, 2.75) is 19.9 Å². The molecule has 0 fully saturated rings. The first-order chi connectivity index (χ1) is 7.16. The first-order valence-corrected chi connectivity index (χ1v) is 5.77. The van der Waals surface area contributed by atoms with Crippen LogP contribution in [0.1, 0.15) is 23.5 Å². The van der Waals surface area contributed by atoms with Gasteiger partial charge >= 0.3 is 0 Å². The van der Waals surface area contributed by atoms with Crippen LogP contribution in [0.15, 0.2) is 30.5 Å². The molecule has 0 aliphatic rings. The van der Waals surface area contributed by atoms with Crippen molar-refractivity contribution in [1.29, 1.82) is 0 Å². The zero-order valence-corrected chi connectivity index (χ0v) is 9.71. The fourth-order valence-corrected chi connectivity index (χ4v) is 2.23. The Morgan fingerprint density at radius 2 is 1.93 bits per heavy atom. The molecule has 2 aromatic rings. The summed E-state index contributed by atoms with van der Waals surface area (Å²) < 4.78 is 0. The molecule has 0 bridgehead atoms. The second-order valence-corrected chi connectivity index (χ2v) is 4.78. The van der Waals surface area contributed by atoms with Crippen molar-refractivity contribution in [1.82, 2.24) is 4.98 Å². The smallest absolute Gasteiger partial charge is 0.110 e. The van der Waals surface area contributed by atoms with Gasteiger partial charge < -0.3 is 5.73 Å². The first-order valence-electron chi connectivity index (χ1n) is 4.95. The maximum Gasteiger partial charge on any atom is 0.110 e. The minimum absolute atomic E-state index is 0.0224. The number of nitrogens with two attached hydrogens (primary N) is 1. The number of benzene rings is 1. The van der Waals surface area contributed by atoms with Crippen LogP contribution in [-0.4, -0.2) is 4.98 Å². The standard InChI is InChI=1S/C12H14N2S/c1-8-3-5-10(6-4-8)11-7-14-12(15-11)9(2)13/h3-7,9H,13H2,1-2H3. The van der Waals surface area contributed by atoms with Crippen LogP contribution in [0.4, 0.5) is 0 Å². The molecule has 1 aromatic heterocycles. The summed E-state index contributed by atoms with van der Waals surface area (Å²) in [5, 5.41) is 0.991. The number of hydrogen-bond acceptors (Lipinski definition) is 3. The first kappa shape index (κ1) is 10.3. The molecule has 3 heteroatoms. The van der Waals surface area contributed by atoms with Crippen molar-refractivity contribution in [2.24, 2.45) is 5.73 Å². The molecular formula is C12H14N2S. The summed E-state index contributed by atoms with van der Waals surface area (Å²) in [5.41, 5.74) is 8.26. The normalized spacial score (nSPS) is 12.7. The molecule has 0 amide bonds. The van der Waals surface area contributed by atoms with Crippen molar-refractivity contribution in [2.75, 3.05) is 0 Å². The summed E-state index contributed by atoms with van der Waals surface area (Å²) in [6.45, 7) is 4.04. The number of rotatable bonds is 2. The van der Waals surface area contributed by atoms with Crippen molar-refractivity contribution in [3.8, 4) is 10.4 Å². The molecule has 0 radical (unpaired) electrons. The van der Waals surface area contributed by atoms with Gasteiger partial charge in [-0.1, -0.05) is 29.8 Å². The summed E-state index contributed by atoms with van der Waals surface area (Å²) in [7, 11) is 0. The van der Waals surface area contributed by atoms with Crippen LogP contribution in [0.2, 0.25) is 0 Å². The van der Waals surface area contributed by atoms with Crippen LogP contribution in [0.5, 0.6) is 0 Å². The van der Waals surface area contributed by atoms with E-state index in [1.54, 1.807) is 11.3 Å². The minimum atomic E-state index is 0.0224. The van der Waals surface area contributed by atoms with E-state index < -0.39 is 0 Å². The molecule has 0 aliphatic heterocycles. The van der Waals surface area contributed by atoms with E-state index in [-0.39, 0.29) is 6.04 Å². The van der Waals surface area contributed by atoms with Gasteiger partial charge in [-0.2, -0.15) is 0 Å². The lowest BCUT2D eigenvalue weighted by molar-refractivity contribution is 0.807. The zero-order chi connectivity index (χ0) is 10.8. The molecule has 2 N–H and O–H groups in total. The lowest BCUT2D eigenvalue weighted by Crippen LogP contribution is -2.03. The highest BCUT2D eigenvalue weighted by atomic mass is 32.1.